The zero-order valence-electron chi connectivity index (χ0n) is 14.0. The normalized spacial score (nSPS) is 19.0. The number of fused-ring (bicyclic) bond motifs is 1. The van der Waals surface area contributed by atoms with Crippen LogP contribution in [0.15, 0.2) is 36.5 Å². The SMILES string of the molecule is CN(C)C(=O)CN1CCC[C@@H](Cc2cccc3ncccc23)C1. The van der Waals surface area contributed by atoms with Gasteiger partial charge in [0.2, 0.25) is 5.91 Å². The van der Waals surface area contributed by atoms with Crippen molar-refractivity contribution in [2.45, 2.75) is 19.3 Å². The van der Waals surface area contributed by atoms with Crippen LogP contribution in [-0.2, 0) is 11.2 Å². The van der Waals surface area contributed by atoms with Crippen LogP contribution in [0, 0.1) is 5.92 Å². The van der Waals surface area contributed by atoms with Crippen LogP contribution in [0.5, 0.6) is 0 Å². The van der Waals surface area contributed by atoms with Gasteiger partial charge in [0.25, 0.3) is 0 Å². The lowest BCUT2D eigenvalue weighted by Gasteiger charge is -2.33. The number of carbonyl (C=O) groups excluding carboxylic acids is 1. The van der Waals surface area contributed by atoms with E-state index in [2.05, 4.69) is 34.1 Å². The molecule has 122 valence electrons. The van der Waals surface area contributed by atoms with Gasteiger partial charge in [0, 0.05) is 32.2 Å². The van der Waals surface area contributed by atoms with E-state index in [0.29, 0.717) is 12.5 Å². The molecule has 4 heteroatoms. The average Bonchev–Trinajstić information content (AvgIpc) is 2.55. The van der Waals surface area contributed by atoms with Crippen molar-refractivity contribution >= 4 is 16.8 Å². The van der Waals surface area contributed by atoms with E-state index >= 15 is 0 Å². The second kappa shape index (κ2) is 7.09. The summed E-state index contributed by atoms with van der Waals surface area (Å²) in [6.07, 6.45) is 5.33. The third-order valence-electron chi connectivity index (χ3n) is 4.71. The molecule has 0 N–H and O–H groups in total. The van der Waals surface area contributed by atoms with Gasteiger partial charge in [-0.1, -0.05) is 18.2 Å². The zero-order chi connectivity index (χ0) is 16.2. The zero-order valence-corrected chi connectivity index (χ0v) is 14.0. The Labute approximate surface area is 138 Å². The van der Waals surface area contributed by atoms with Crippen LogP contribution in [0.3, 0.4) is 0 Å². The predicted octanol–water partition coefficient (Wildman–Crippen LogP) is 2.58. The lowest BCUT2D eigenvalue weighted by atomic mass is 9.90. The first-order valence-corrected chi connectivity index (χ1v) is 8.38. The molecule has 0 spiro atoms. The smallest absolute Gasteiger partial charge is 0.236 e. The second-order valence-corrected chi connectivity index (χ2v) is 6.72. The predicted molar refractivity (Wildman–Crippen MR) is 93.3 cm³/mol. The van der Waals surface area contributed by atoms with E-state index in [-0.39, 0.29) is 5.91 Å². The summed E-state index contributed by atoms with van der Waals surface area (Å²) in [5, 5.41) is 1.26. The van der Waals surface area contributed by atoms with E-state index in [0.717, 1.165) is 25.0 Å². The summed E-state index contributed by atoms with van der Waals surface area (Å²) in [5.74, 6) is 0.810. The van der Waals surface area contributed by atoms with Crippen LogP contribution in [0.2, 0.25) is 0 Å². The molecule has 3 rings (SSSR count). The minimum Gasteiger partial charge on any atom is -0.348 e. The average molecular weight is 311 g/mol. The van der Waals surface area contributed by atoms with E-state index in [1.807, 2.05) is 26.4 Å². The Balaban J connectivity index is 1.68. The molecule has 0 aliphatic carbocycles. The molecule has 4 nitrogen and oxygen atoms in total. The fourth-order valence-corrected chi connectivity index (χ4v) is 3.45. The first-order valence-electron chi connectivity index (χ1n) is 8.38. The van der Waals surface area contributed by atoms with Crippen LogP contribution in [0.4, 0.5) is 0 Å². The molecule has 0 unspecified atom stereocenters. The number of rotatable bonds is 4. The molecule has 0 bridgehead atoms. The minimum atomic E-state index is 0.194. The molecule has 1 aromatic carbocycles. The number of likely N-dealkylation sites (N-methyl/N-ethyl adjacent to an activating group) is 1. The molecule has 23 heavy (non-hydrogen) atoms. The lowest BCUT2D eigenvalue weighted by molar-refractivity contribution is -0.130. The Kier molecular flexibility index (Phi) is 4.91. The highest BCUT2D eigenvalue weighted by Crippen LogP contribution is 2.24. The fourth-order valence-electron chi connectivity index (χ4n) is 3.45. The second-order valence-electron chi connectivity index (χ2n) is 6.72. The van der Waals surface area contributed by atoms with E-state index in [1.165, 1.54) is 23.8 Å². The molecule has 1 aliphatic rings. The molecule has 1 saturated heterocycles. The van der Waals surface area contributed by atoms with Crippen LogP contribution < -0.4 is 0 Å². The Morgan fingerprint density at radius 1 is 1.30 bits per heavy atom. The molecule has 1 aliphatic heterocycles. The van der Waals surface area contributed by atoms with Crippen LogP contribution in [-0.4, -0.2) is 54.4 Å². The van der Waals surface area contributed by atoms with Crippen molar-refractivity contribution in [3.05, 3.63) is 42.1 Å². The van der Waals surface area contributed by atoms with Crippen molar-refractivity contribution in [1.29, 1.82) is 0 Å². The van der Waals surface area contributed by atoms with E-state index < -0.39 is 0 Å². The number of piperidine rings is 1. The number of benzene rings is 1. The van der Waals surface area contributed by atoms with Gasteiger partial charge in [-0.25, -0.2) is 0 Å². The Morgan fingerprint density at radius 2 is 2.17 bits per heavy atom. The summed E-state index contributed by atoms with van der Waals surface area (Å²) in [5.41, 5.74) is 2.45. The van der Waals surface area contributed by atoms with Gasteiger partial charge in [-0.2, -0.15) is 0 Å². The summed E-state index contributed by atoms with van der Waals surface area (Å²) in [7, 11) is 3.65. The first kappa shape index (κ1) is 15.9. The molecule has 1 amide bonds. The highest BCUT2D eigenvalue weighted by molar-refractivity contribution is 5.82. The van der Waals surface area contributed by atoms with Crippen LogP contribution in [0.1, 0.15) is 18.4 Å². The topological polar surface area (TPSA) is 36.4 Å². The molecule has 2 heterocycles. The van der Waals surface area contributed by atoms with Crippen molar-refractivity contribution in [3.63, 3.8) is 0 Å². The van der Waals surface area contributed by atoms with Crippen molar-refractivity contribution in [2.75, 3.05) is 33.7 Å². The third-order valence-corrected chi connectivity index (χ3v) is 4.71. The minimum absolute atomic E-state index is 0.194. The number of carbonyl (C=O) groups is 1. The maximum atomic E-state index is 11.9. The Bertz CT molecular complexity index is 678. The molecule has 0 saturated carbocycles. The van der Waals surface area contributed by atoms with Crippen molar-refractivity contribution in [3.8, 4) is 0 Å². The van der Waals surface area contributed by atoms with E-state index in [9.17, 15) is 4.79 Å². The lowest BCUT2D eigenvalue weighted by Crippen LogP contribution is -2.42. The largest absolute Gasteiger partial charge is 0.348 e. The Morgan fingerprint density at radius 3 is 3.00 bits per heavy atom. The summed E-state index contributed by atoms with van der Waals surface area (Å²) in [6.45, 7) is 2.59. The van der Waals surface area contributed by atoms with Gasteiger partial charge in [-0.3, -0.25) is 14.7 Å². The monoisotopic (exact) mass is 311 g/mol. The maximum Gasteiger partial charge on any atom is 0.236 e. The first-order chi connectivity index (χ1) is 11.1. The summed E-state index contributed by atoms with van der Waals surface area (Å²) >= 11 is 0. The van der Waals surface area contributed by atoms with Crippen molar-refractivity contribution < 1.29 is 4.79 Å². The molecule has 2 aromatic rings. The molecule has 1 aromatic heterocycles. The van der Waals surface area contributed by atoms with Crippen molar-refractivity contribution in [2.24, 2.45) is 5.92 Å². The molecular formula is C19H25N3O. The van der Waals surface area contributed by atoms with E-state index in [4.69, 9.17) is 0 Å². The van der Waals surface area contributed by atoms with Gasteiger partial charge < -0.3 is 4.90 Å². The Hall–Kier alpha value is -1.94. The third kappa shape index (κ3) is 3.88. The fraction of sp³-hybridized carbons (Fsp3) is 0.474. The molecule has 1 atom stereocenters. The van der Waals surface area contributed by atoms with Gasteiger partial charge in [-0.05, 0) is 49.4 Å². The van der Waals surface area contributed by atoms with Gasteiger partial charge in [0.15, 0.2) is 0 Å². The maximum absolute atomic E-state index is 11.9. The highest BCUT2D eigenvalue weighted by atomic mass is 16.2. The van der Waals surface area contributed by atoms with Crippen LogP contribution in [0.25, 0.3) is 10.9 Å². The number of aromatic nitrogens is 1. The summed E-state index contributed by atoms with van der Waals surface area (Å²) in [4.78, 5) is 20.4. The number of hydrogen-bond acceptors (Lipinski definition) is 3. The summed E-state index contributed by atoms with van der Waals surface area (Å²) < 4.78 is 0. The van der Waals surface area contributed by atoms with Gasteiger partial charge in [-0.15, -0.1) is 0 Å². The number of likely N-dealkylation sites (tertiary alicyclic amines) is 1. The molecular weight excluding hydrogens is 286 g/mol. The number of hydrogen-bond donors (Lipinski definition) is 0. The number of nitrogens with zero attached hydrogens (tertiary/aromatic N) is 3. The molecule has 0 radical (unpaired) electrons. The van der Waals surface area contributed by atoms with Gasteiger partial charge in [0.05, 0.1) is 12.1 Å². The number of pyridine rings is 1. The quantitative estimate of drug-likeness (QED) is 0.871. The molecule has 1 fully saturated rings. The standard InChI is InChI=1S/C19H25N3O/c1-21(2)19(23)14-22-11-5-6-15(13-22)12-16-7-3-9-18-17(16)8-4-10-20-18/h3-4,7-10,15H,5-6,11-14H2,1-2H3/t15-/m0/s1. The van der Waals surface area contributed by atoms with Crippen LogP contribution >= 0.6 is 0 Å². The number of amides is 1. The van der Waals surface area contributed by atoms with Gasteiger partial charge >= 0.3 is 0 Å². The van der Waals surface area contributed by atoms with Crippen molar-refractivity contribution in [1.82, 2.24) is 14.8 Å². The van der Waals surface area contributed by atoms with Gasteiger partial charge in [0.1, 0.15) is 0 Å². The highest BCUT2D eigenvalue weighted by Gasteiger charge is 2.22. The summed E-state index contributed by atoms with van der Waals surface area (Å²) in [6, 6.07) is 10.6. The van der Waals surface area contributed by atoms with E-state index in [1.54, 1.807) is 4.90 Å².